The topological polar surface area (TPSA) is 61.0 Å². The number of thioether (sulfide) groups is 1. The lowest BCUT2D eigenvalue weighted by atomic mass is 10.4. The summed E-state index contributed by atoms with van der Waals surface area (Å²) in [5.74, 6) is 0.124. The molecule has 0 atom stereocenters. The van der Waals surface area contributed by atoms with Gasteiger partial charge in [0.1, 0.15) is 5.03 Å². The Hall–Kier alpha value is -1.02. The van der Waals surface area contributed by atoms with E-state index >= 15 is 0 Å². The van der Waals surface area contributed by atoms with E-state index in [0.717, 1.165) is 17.8 Å². The molecular weight excluding hydrogens is 243 g/mol. The quantitative estimate of drug-likeness (QED) is 0.504. The molecule has 0 aliphatic carbocycles. The van der Waals surface area contributed by atoms with Gasteiger partial charge in [0, 0.05) is 18.9 Å². The number of halogens is 3. The van der Waals surface area contributed by atoms with Gasteiger partial charge in [0.15, 0.2) is 5.69 Å². The Morgan fingerprint density at radius 1 is 1.44 bits per heavy atom. The van der Waals surface area contributed by atoms with Gasteiger partial charge in [0.05, 0.1) is 6.61 Å². The minimum atomic E-state index is -4.51. The molecule has 8 heteroatoms. The number of nitrogens with zero attached hydrogens (tertiary/aromatic N) is 2. The predicted molar refractivity (Wildman–Crippen MR) is 54.0 cm³/mol. The van der Waals surface area contributed by atoms with Crippen LogP contribution in [0.15, 0.2) is 11.1 Å². The summed E-state index contributed by atoms with van der Waals surface area (Å²) in [5.41, 5.74) is 4.17. The number of alkyl halides is 3. The van der Waals surface area contributed by atoms with Crippen molar-refractivity contribution in [1.82, 2.24) is 9.97 Å². The van der Waals surface area contributed by atoms with Crippen molar-refractivity contribution in [2.24, 2.45) is 0 Å². The van der Waals surface area contributed by atoms with E-state index in [4.69, 9.17) is 10.5 Å². The SMILES string of the molecule is COCCSc1cc(C(F)(F)F)nc(N)n1. The van der Waals surface area contributed by atoms with Crippen LogP contribution in [0.2, 0.25) is 0 Å². The van der Waals surface area contributed by atoms with E-state index in [0.29, 0.717) is 12.4 Å². The molecule has 1 heterocycles. The third-order valence-electron chi connectivity index (χ3n) is 1.55. The van der Waals surface area contributed by atoms with Crippen molar-refractivity contribution < 1.29 is 17.9 Å². The predicted octanol–water partition coefficient (Wildman–Crippen LogP) is 1.82. The molecule has 0 aliphatic heterocycles. The Bertz CT molecular complexity index is 359. The first-order valence-electron chi connectivity index (χ1n) is 4.27. The van der Waals surface area contributed by atoms with Crippen LogP contribution in [0.3, 0.4) is 0 Å². The number of ether oxygens (including phenoxy) is 1. The fourth-order valence-corrected chi connectivity index (χ4v) is 1.70. The van der Waals surface area contributed by atoms with Gasteiger partial charge in [0.25, 0.3) is 0 Å². The highest BCUT2D eigenvalue weighted by molar-refractivity contribution is 7.99. The van der Waals surface area contributed by atoms with Gasteiger partial charge in [-0.3, -0.25) is 0 Å². The molecule has 1 aromatic heterocycles. The van der Waals surface area contributed by atoms with Crippen molar-refractivity contribution in [3.63, 3.8) is 0 Å². The molecule has 0 spiro atoms. The van der Waals surface area contributed by atoms with Gasteiger partial charge in [-0.25, -0.2) is 9.97 Å². The highest BCUT2D eigenvalue weighted by Gasteiger charge is 2.33. The lowest BCUT2D eigenvalue weighted by Crippen LogP contribution is -2.11. The average molecular weight is 253 g/mol. The second-order valence-electron chi connectivity index (χ2n) is 2.79. The van der Waals surface area contributed by atoms with Crippen molar-refractivity contribution in [2.45, 2.75) is 11.2 Å². The van der Waals surface area contributed by atoms with Gasteiger partial charge in [-0.1, -0.05) is 0 Å². The zero-order valence-electron chi connectivity index (χ0n) is 8.41. The molecule has 0 radical (unpaired) electrons. The molecule has 16 heavy (non-hydrogen) atoms. The van der Waals surface area contributed by atoms with E-state index in [1.54, 1.807) is 0 Å². The van der Waals surface area contributed by atoms with Crippen LogP contribution in [0, 0.1) is 0 Å². The summed E-state index contributed by atoms with van der Waals surface area (Å²) in [7, 11) is 1.51. The molecule has 0 amide bonds. The Balaban J connectivity index is 2.82. The first-order valence-corrected chi connectivity index (χ1v) is 5.25. The second kappa shape index (κ2) is 5.35. The van der Waals surface area contributed by atoms with E-state index < -0.39 is 11.9 Å². The highest BCUT2D eigenvalue weighted by Crippen LogP contribution is 2.30. The Morgan fingerprint density at radius 3 is 2.69 bits per heavy atom. The fraction of sp³-hybridized carbons (Fsp3) is 0.500. The Morgan fingerprint density at radius 2 is 2.12 bits per heavy atom. The van der Waals surface area contributed by atoms with E-state index in [-0.39, 0.29) is 11.0 Å². The number of methoxy groups -OCH3 is 1. The molecule has 90 valence electrons. The minimum absolute atomic E-state index is 0.192. The summed E-state index contributed by atoms with van der Waals surface area (Å²) < 4.78 is 41.8. The first kappa shape index (κ1) is 13.0. The number of nitrogens with two attached hydrogens (primary N) is 1. The fourth-order valence-electron chi connectivity index (χ4n) is 0.892. The third-order valence-corrected chi connectivity index (χ3v) is 2.42. The van der Waals surface area contributed by atoms with Crippen LogP contribution >= 0.6 is 11.8 Å². The summed E-state index contributed by atoms with van der Waals surface area (Å²) in [4.78, 5) is 6.82. The maximum absolute atomic E-state index is 12.4. The Kier molecular flexibility index (Phi) is 4.36. The minimum Gasteiger partial charge on any atom is -0.384 e. The molecule has 1 aromatic rings. The largest absolute Gasteiger partial charge is 0.433 e. The molecule has 2 N–H and O–H groups in total. The summed E-state index contributed by atoms with van der Waals surface area (Å²) in [6.07, 6.45) is -4.51. The molecular formula is C8H10F3N3OS. The lowest BCUT2D eigenvalue weighted by Gasteiger charge is -2.08. The highest BCUT2D eigenvalue weighted by atomic mass is 32.2. The van der Waals surface area contributed by atoms with Gasteiger partial charge in [-0.05, 0) is 0 Å². The Labute approximate surface area is 94.4 Å². The molecule has 4 nitrogen and oxygen atoms in total. The van der Waals surface area contributed by atoms with Crippen molar-refractivity contribution in [2.75, 3.05) is 25.2 Å². The van der Waals surface area contributed by atoms with Gasteiger partial charge in [-0.2, -0.15) is 13.2 Å². The normalized spacial score (nSPS) is 11.8. The van der Waals surface area contributed by atoms with Crippen molar-refractivity contribution in [3.05, 3.63) is 11.8 Å². The molecule has 0 aliphatic rings. The number of anilines is 1. The summed E-state index contributed by atoms with van der Waals surface area (Å²) in [6.45, 7) is 0.427. The number of hydrogen-bond acceptors (Lipinski definition) is 5. The number of nitrogen functional groups attached to an aromatic ring is 1. The van der Waals surface area contributed by atoms with Crippen LogP contribution < -0.4 is 5.73 Å². The third kappa shape index (κ3) is 3.86. The molecule has 0 aromatic carbocycles. The van der Waals surface area contributed by atoms with Crippen LogP contribution in [0.1, 0.15) is 5.69 Å². The summed E-state index contributed by atoms with van der Waals surface area (Å²) >= 11 is 1.13. The maximum atomic E-state index is 12.4. The maximum Gasteiger partial charge on any atom is 0.433 e. The first-order chi connectivity index (χ1) is 7.43. The zero-order chi connectivity index (χ0) is 12.2. The van der Waals surface area contributed by atoms with Crippen LogP contribution in [0.4, 0.5) is 19.1 Å². The smallest absolute Gasteiger partial charge is 0.384 e. The van der Waals surface area contributed by atoms with E-state index in [1.807, 2.05) is 0 Å². The number of aromatic nitrogens is 2. The van der Waals surface area contributed by atoms with Gasteiger partial charge < -0.3 is 10.5 Å². The molecule has 0 fully saturated rings. The standard InChI is InChI=1S/C8H10F3N3OS/c1-15-2-3-16-6-4-5(8(9,10)11)13-7(12)14-6/h4H,2-3H2,1H3,(H2,12,13,14). The zero-order valence-corrected chi connectivity index (χ0v) is 9.23. The molecule has 0 saturated heterocycles. The second-order valence-corrected chi connectivity index (χ2v) is 3.90. The number of rotatable bonds is 4. The van der Waals surface area contributed by atoms with Crippen LogP contribution in [-0.2, 0) is 10.9 Å². The van der Waals surface area contributed by atoms with Crippen molar-refractivity contribution in [3.8, 4) is 0 Å². The summed E-state index contributed by atoms with van der Waals surface area (Å²) in [6, 6.07) is 0.872. The van der Waals surface area contributed by atoms with Crippen molar-refractivity contribution >= 4 is 17.7 Å². The van der Waals surface area contributed by atoms with Crippen LogP contribution in [-0.4, -0.2) is 29.4 Å². The van der Waals surface area contributed by atoms with E-state index in [1.165, 1.54) is 7.11 Å². The monoisotopic (exact) mass is 253 g/mol. The number of hydrogen-bond donors (Lipinski definition) is 1. The molecule has 0 unspecified atom stereocenters. The lowest BCUT2D eigenvalue weighted by molar-refractivity contribution is -0.141. The van der Waals surface area contributed by atoms with Gasteiger partial charge in [0.2, 0.25) is 5.95 Å². The van der Waals surface area contributed by atoms with Crippen LogP contribution in [0.25, 0.3) is 0 Å². The van der Waals surface area contributed by atoms with E-state index in [2.05, 4.69) is 9.97 Å². The van der Waals surface area contributed by atoms with Gasteiger partial charge >= 0.3 is 6.18 Å². The van der Waals surface area contributed by atoms with Gasteiger partial charge in [-0.15, -0.1) is 11.8 Å². The van der Waals surface area contributed by atoms with E-state index in [9.17, 15) is 13.2 Å². The molecule has 1 rings (SSSR count). The van der Waals surface area contributed by atoms with Crippen LogP contribution in [0.5, 0.6) is 0 Å². The molecule has 0 bridgehead atoms. The molecule has 0 saturated carbocycles. The average Bonchev–Trinajstić information content (AvgIpc) is 2.16. The summed E-state index contributed by atoms with van der Waals surface area (Å²) in [5, 5.41) is 0.192. The van der Waals surface area contributed by atoms with Crippen molar-refractivity contribution in [1.29, 1.82) is 0 Å².